The predicted octanol–water partition coefficient (Wildman–Crippen LogP) is 3.11. The molecule has 1 fully saturated rings. The number of aliphatic carboxylic acids is 1. The molecule has 3 aromatic carbocycles. The number of β-lactam (4-membered cyclic amide) rings is 1. The number of nitrogens with one attached hydrogen (secondary N) is 3. The second-order valence-electron chi connectivity index (χ2n) is 11.7. The molecule has 274 valence electrons. The van der Waals surface area contributed by atoms with Crippen LogP contribution in [0.4, 0.5) is 5.13 Å². The van der Waals surface area contributed by atoms with Gasteiger partial charge in [-0.25, -0.2) is 15.2 Å². The number of carbonyl (C=O) groups is 4. The summed E-state index contributed by atoms with van der Waals surface area (Å²) in [6, 6.07) is 28.9. The van der Waals surface area contributed by atoms with Gasteiger partial charge in [0.15, 0.2) is 10.8 Å². The predicted molar refractivity (Wildman–Crippen MR) is 202 cm³/mol. The molecular weight excluding hydrogens is 753 g/mol. The van der Waals surface area contributed by atoms with E-state index >= 15 is 0 Å². The number of amides is 3. The van der Waals surface area contributed by atoms with Crippen LogP contribution in [-0.4, -0.2) is 95.2 Å². The summed E-state index contributed by atoms with van der Waals surface area (Å²) in [5.74, 6) is -2.22. The van der Waals surface area contributed by atoms with Crippen molar-refractivity contribution in [1.29, 1.82) is 0 Å². The number of hydrogen-bond acceptors (Lipinski definition) is 14. The third-order valence-electron chi connectivity index (χ3n) is 8.59. The number of thioether (sulfide) groups is 2. The fourth-order valence-electron chi connectivity index (χ4n) is 6.23. The van der Waals surface area contributed by atoms with E-state index < -0.39 is 34.7 Å². The zero-order valence-electron chi connectivity index (χ0n) is 28.2. The van der Waals surface area contributed by atoms with Crippen molar-refractivity contribution in [2.75, 3.05) is 29.4 Å². The summed E-state index contributed by atoms with van der Waals surface area (Å²) >= 11 is 3.67. The number of anilines is 1. The van der Waals surface area contributed by atoms with E-state index in [1.807, 2.05) is 91.0 Å². The molecule has 0 saturated carbocycles. The maximum absolute atomic E-state index is 13.8. The SMILES string of the molecule is CO/N=C(\C(=O)N[C@@H]1C(=O)N2C(C(=O)O)=C(CSc3nnnn3NC=O)CS[C@@H]12)c1csc(NC(c2ccccc2)(c2ccccc2)c2ccccc2)n1. The van der Waals surface area contributed by atoms with Gasteiger partial charge < -0.3 is 20.6 Å². The third-order valence-corrected chi connectivity index (χ3v) is 11.7. The van der Waals surface area contributed by atoms with E-state index in [1.54, 1.807) is 5.38 Å². The molecule has 1 saturated heterocycles. The standard InChI is InChI=1S/C35H30N10O6S3/c1-51-41-26(29(47)38-27-30(48)44-28(32(49)50)21(17-52-31(27)44)18-54-34-40-42-43-45(34)36-20-46)25-19-53-33(37-25)39-35(22-11-5-2-6-12-22,23-13-7-3-8-14-23)24-15-9-4-10-16-24/h2-16,19-20,27,31H,17-18H2,1H3,(H,36,46)(H,37,39)(H,38,47)(H,49,50)/b41-26-/t27-,31+/m1/s1. The Morgan fingerprint density at radius 1 is 1.04 bits per heavy atom. The number of carboxylic acid groups (broad SMARTS) is 1. The van der Waals surface area contributed by atoms with Gasteiger partial charge in [0.2, 0.25) is 11.6 Å². The van der Waals surface area contributed by atoms with Crippen molar-refractivity contribution in [3.63, 3.8) is 0 Å². The Hall–Kier alpha value is -6.05. The van der Waals surface area contributed by atoms with Crippen LogP contribution < -0.4 is 16.1 Å². The number of benzene rings is 3. The number of aromatic nitrogens is 5. The molecule has 54 heavy (non-hydrogen) atoms. The van der Waals surface area contributed by atoms with E-state index in [4.69, 9.17) is 9.82 Å². The lowest BCUT2D eigenvalue weighted by atomic mass is 9.77. The van der Waals surface area contributed by atoms with Crippen LogP contribution in [0.3, 0.4) is 0 Å². The second-order valence-corrected chi connectivity index (χ2v) is 14.6. The highest BCUT2D eigenvalue weighted by atomic mass is 32.2. The zero-order chi connectivity index (χ0) is 37.7. The maximum Gasteiger partial charge on any atom is 0.352 e. The number of rotatable bonds is 15. The van der Waals surface area contributed by atoms with Crippen LogP contribution in [0.2, 0.25) is 0 Å². The lowest BCUT2D eigenvalue weighted by Crippen LogP contribution is -2.71. The summed E-state index contributed by atoms with van der Waals surface area (Å²) < 4.78 is 0. The highest BCUT2D eigenvalue weighted by Gasteiger charge is 2.54. The van der Waals surface area contributed by atoms with Crippen molar-refractivity contribution < 1.29 is 29.1 Å². The summed E-state index contributed by atoms with van der Waals surface area (Å²) in [4.78, 5) is 62.5. The first kappa shape index (κ1) is 36.3. The van der Waals surface area contributed by atoms with E-state index in [1.165, 1.54) is 35.1 Å². The number of hydrogen-bond donors (Lipinski definition) is 4. The van der Waals surface area contributed by atoms with Crippen molar-refractivity contribution in [2.45, 2.75) is 22.1 Å². The number of thiazole rings is 1. The monoisotopic (exact) mass is 782 g/mol. The number of carboxylic acids is 1. The van der Waals surface area contributed by atoms with E-state index in [0.717, 1.165) is 33.2 Å². The molecule has 0 bridgehead atoms. The van der Waals surface area contributed by atoms with E-state index in [-0.39, 0.29) is 33.8 Å². The molecular formula is C35H30N10O6S3. The lowest BCUT2D eigenvalue weighted by molar-refractivity contribution is -0.150. The van der Waals surface area contributed by atoms with Crippen molar-refractivity contribution in [1.82, 2.24) is 35.5 Å². The van der Waals surface area contributed by atoms with Crippen LogP contribution in [0.25, 0.3) is 0 Å². The van der Waals surface area contributed by atoms with E-state index in [9.17, 15) is 24.3 Å². The Morgan fingerprint density at radius 2 is 1.67 bits per heavy atom. The fraction of sp³-hybridized carbons (Fsp3) is 0.171. The van der Waals surface area contributed by atoms with Gasteiger partial charge in [0.1, 0.15) is 35.5 Å². The molecule has 5 aromatic rings. The molecule has 0 unspecified atom stereocenters. The van der Waals surface area contributed by atoms with Gasteiger partial charge in [0.25, 0.3) is 11.8 Å². The second kappa shape index (κ2) is 15.9. The van der Waals surface area contributed by atoms with Crippen LogP contribution in [-0.2, 0) is 29.6 Å². The molecule has 2 aliphatic heterocycles. The quantitative estimate of drug-likeness (QED) is 0.0301. The Bertz CT molecular complexity index is 2140. The topological polar surface area (TPSA) is 206 Å². The highest BCUT2D eigenvalue weighted by Crippen LogP contribution is 2.42. The summed E-state index contributed by atoms with van der Waals surface area (Å²) in [5, 5.41) is 33.2. The van der Waals surface area contributed by atoms with Crippen LogP contribution in [0.1, 0.15) is 22.4 Å². The smallest absolute Gasteiger partial charge is 0.352 e. The number of oxime groups is 1. The van der Waals surface area contributed by atoms with Gasteiger partial charge in [0.05, 0.1) is 0 Å². The Morgan fingerprint density at radius 3 is 2.24 bits per heavy atom. The van der Waals surface area contributed by atoms with Crippen LogP contribution in [0.5, 0.6) is 0 Å². The minimum Gasteiger partial charge on any atom is -0.477 e. The molecule has 16 nitrogen and oxygen atoms in total. The minimum absolute atomic E-state index is 0.133. The first-order valence-corrected chi connectivity index (χ1v) is 19.1. The normalized spacial score (nSPS) is 16.9. The number of nitrogens with zero attached hydrogens (tertiary/aromatic N) is 7. The number of fused-ring (bicyclic) bond motifs is 1. The molecule has 4 N–H and O–H groups in total. The molecule has 19 heteroatoms. The first-order chi connectivity index (χ1) is 26.3. The minimum atomic E-state index is -1.29. The van der Waals surface area contributed by atoms with Crippen LogP contribution >= 0.6 is 34.9 Å². The molecule has 3 amide bonds. The Balaban J connectivity index is 1.12. The van der Waals surface area contributed by atoms with Gasteiger partial charge in [-0.2, -0.15) is 0 Å². The number of carbonyl (C=O) groups excluding carboxylic acids is 3. The molecule has 2 atom stereocenters. The van der Waals surface area contributed by atoms with Crippen molar-refractivity contribution in [3.8, 4) is 0 Å². The van der Waals surface area contributed by atoms with Crippen LogP contribution in [0, 0.1) is 0 Å². The Kier molecular flexibility index (Phi) is 10.7. The van der Waals surface area contributed by atoms with Gasteiger partial charge >= 0.3 is 5.97 Å². The van der Waals surface area contributed by atoms with Crippen molar-refractivity contribution in [3.05, 3.63) is 130 Å². The summed E-state index contributed by atoms with van der Waals surface area (Å²) in [6.45, 7) is 0. The van der Waals surface area contributed by atoms with Crippen molar-refractivity contribution >= 4 is 69.9 Å². The molecule has 0 radical (unpaired) electrons. The third kappa shape index (κ3) is 6.91. The average Bonchev–Trinajstić information content (AvgIpc) is 3.87. The van der Waals surface area contributed by atoms with Gasteiger partial charge in [0, 0.05) is 16.9 Å². The van der Waals surface area contributed by atoms with Gasteiger partial charge in [-0.05, 0) is 32.7 Å². The van der Waals surface area contributed by atoms with Crippen LogP contribution in [0.15, 0.2) is 118 Å². The molecule has 0 spiro atoms. The molecule has 7 rings (SSSR count). The van der Waals surface area contributed by atoms with E-state index in [0.29, 0.717) is 17.1 Å². The van der Waals surface area contributed by atoms with Gasteiger partial charge in [-0.15, -0.1) is 27.9 Å². The van der Waals surface area contributed by atoms with Gasteiger partial charge in [-0.3, -0.25) is 19.3 Å². The zero-order valence-corrected chi connectivity index (χ0v) is 30.7. The van der Waals surface area contributed by atoms with E-state index in [2.05, 4.69) is 36.7 Å². The molecule has 4 heterocycles. The maximum atomic E-state index is 13.8. The molecule has 0 aliphatic carbocycles. The fourth-order valence-corrected chi connectivity index (χ4v) is 9.31. The highest BCUT2D eigenvalue weighted by molar-refractivity contribution is 8.01. The Labute approximate surface area is 320 Å². The lowest BCUT2D eigenvalue weighted by Gasteiger charge is -2.49. The molecule has 2 aliphatic rings. The van der Waals surface area contributed by atoms with Crippen molar-refractivity contribution in [2.24, 2.45) is 5.16 Å². The summed E-state index contributed by atoms with van der Waals surface area (Å²) in [5.41, 5.74) is 4.66. The van der Waals surface area contributed by atoms with Gasteiger partial charge in [-0.1, -0.05) is 113 Å². The summed E-state index contributed by atoms with van der Waals surface area (Å²) in [6.07, 6.45) is 0.401. The molecule has 2 aromatic heterocycles. The largest absolute Gasteiger partial charge is 0.477 e. The average molecular weight is 783 g/mol. The number of tetrazole rings is 1. The summed E-state index contributed by atoms with van der Waals surface area (Å²) in [7, 11) is 1.30. The first-order valence-electron chi connectivity index (χ1n) is 16.2.